The number of nitrogens with two attached hydrogens (primary N) is 1. The zero-order valence-corrected chi connectivity index (χ0v) is 11.9. The lowest BCUT2D eigenvalue weighted by Crippen LogP contribution is -2.52. The highest BCUT2D eigenvalue weighted by atomic mass is 16.2. The second-order valence-corrected chi connectivity index (χ2v) is 6.85. The number of nitrogens with one attached hydrogen (secondary N) is 1. The van der Waals surface area contributed by atoms with Crippen LogP contribution >= 0.6 is 0 Å². The Kier molecular flexibility index (Phi) is 4.31. The fraction of sp³-hybridized carbons (Fsp3) is 0.933. The number of hydrogen-bond donors (Lipinski definition) is 2. The molecule has 3 heteroatoms. The van der Waals surface area contributed by atoms with Crippen molar-refractivity contribution in [2.75, 3.05) is 0 Å². The minimum atomic E-state index is 0.154. The van der Waals surface area contributed by atoms with Gasteiger partial charge in [-0.1, -0.05) is 39.5 Å². The summed E-state index contributed by atoms with van der Waals surface area (Å²) >= 11 is 0. The predicted molar refractivity (Wildman–Crippen MR) is 74.1 cm³/mol. The lowest BCUT2D eigenvalue weighted by Gasteiger charge is -2.39. The van der Waals surface area contributed by atoms with Gasteiger partial charge < -0.3 is 11.1 Å². The zero-order valence-electron chi connectivity index (χ0n) is 11.9. The molecule has 0 radical (unpaired) electrons. The number of rotatable bonds is 2. The molecule has 3 nitrogen and oxygen atoms in total. The molecule has 2 saturated carbocycles. The standard InChI is InChI=1S/C15H28N2O/c1-15(2)10-6-5-7-11(15)14(18)17-13-9-4-3-8-12(13)16/h11-13H,3-10,16H2,1-2H3,(H,17,18)/t11?,12-,13-/m1/s1. The average molecular weight is 252 g/mol. The van der Waals surface area contributed by atoms with Crippen LogP contribution in [-0.2, 0) is 4.79 Å². The first-order chi connectivity index (χ1) is 8.50. The lowest BCUT2D eigenvalue weighted by molar-refractivity contribution is -0.131. The van der Waals surface area contributed by atoms with Crippen LogP contribution in [0.25, 0.3) is 0 Å². The van der Waals surface area contributed by atoms with E-state index in [-0.39, 0.29) is 29.3 Å². The second-order valence-electron chi connectivity index (χ2n) is 6.85. The maximum Gasteiger partial charge on any atom is 0.223 e. The fourth-order valence-corrected chi connectivity index (χ4v) is 3.60. The van der Waals surface area contributed by atoms with Crippen molar-refractivity contribution in [1.29, 1.82) is 0 Å². The summed E-state index contributed by atoms with van der Waals surface area (Å²) in [7, 11) is 0. The number of hydrogen-bond acceptors (Lipinski definition) is 2. The fourth-order valence-electron chi connectivity index (χ4n) is 3.60. The van der Waals surface area contributed by atoms with E-state index >= 15 is 0 Å². The van der Waals surface area contributed by atoms with Crippen LogP contribution < -0.4 is 11.1 Å². The van der Waals surface area contributed by atoms with Crippen molar-refractivity contribution >= 4 is 5.91 Å². The van der Waals surface area contributed by atoms with Crippen molar-refractivity contribution in [2.24, 2.45) is 17.1 Å². The van der Waals surface area contributed by atoms with Gasteiger partial charge in [-0.25, -0.2) is 0 Å². The van der Waals surface area contributed by atoms with Gasteiger partial charge in [-0.3, -0.25) is 4.79 Å². The molecule has 2 aliphatic rings. The zero-order chi connectivity index (χ0) is 13.2. The van der Waals surface area contributed by atoms with Gasteiger partial charge in [0.2, 0.25) is 5.91 Å². The Balaban J connectivity index is 1.94. The van der Waals surface area contributed by atoms with Crippen LogP contribution in [0.5, 0.6) is 0 Å². The first-order valence-corrected chi connectivity index (χ1v) is 7.57. The van der Waals surface area contributed by atoms with E-state index in [0.717, 1.165) is 19.3 Å². The first kappa shape index (κ1) is 13.9. The molecule has 0 aromatic rings. The molecule has 3 atom stereocenters. The van der Waals surface area contributed by atoms with Crippen molar-refractivity contribution in [3.05, 3.63) is 0 Å². The van der Waals surface area contributed by atoms with Crippen LogP contribution in [0, 0.1) is 11.3 Å². The van der Waals surface area contributed by atoms with E-state index in [1.165, 1.54) is 32.1 Å². The first-order valence-electron chi connectivity index (χ1n) is 7.57. The highest BCUT2D eigenvalue weighted by molar-refractivity contribution is 5.80. The molecule has 18 heavy (non-hydrogen) atoms. The molecule has 3 N–H and O–H groups in total. The van der Waals surface area contributed by atoms with E-state index < -0.39 is 0 Å². The highest BCUT2D eigenvalue weighted by Crippen LogP contribution is 2.40. The van der Waals surface area contributed by atoms with E-state index in [1.807, 2.05) is 0 Å². The molecule has 2 rings (SSSR count). The summed E-state index contributed by atoms with van der Waals surface area (Å²) in [5.41, 5.74) is 6.26. The molecular formula is C15H28N2O. The third kappa shape index (κ3) is 3.05. The third-order valence-electron chi connectivity index (χ3n) is 4.97. The van der Waals surface area contributed by atoms with Crippen molar-refractivity contribution in [3.63, 3.8) is 0 Å². The monoisotopic (exact) mass is 252 g/mol. The highest BCUT2D eigenvalue weighted by Gasteiger charge is 2.38. The Morgan fingerprint density at radius 3 is 2.44 bits per heavy atom. The molecule has 0 spiro atoms. The SMILES string of the molecule is CC1(C)CCCCC1C(=O)N[C@@H]1CCCC[C@H]1N. The molecule has 0 aliphatic heterocycles. The van der Waals surface area contributed by atoms with E-state index in [4.69, 9.17) is 5.73 Å². The quantitative estimate of drug-likeness (QED) is 0.793. The van der Waals surface area contributed by atoms with Gasteiger partial charge in [0.1, 0.15) is 0 Å². The average Bonchev–Trinajstić information content (AvgIpc) is 2.31. The van der Waals surface area contributed by atoms with Gasteiger partial charge in [0, 0.05) is 18.0 Å². The second kappa shape index (κ2) is 5.60. The summed E-state index contributed by atoms with van der Waals surface area (Å²) in [6, 6.07) is 0.373. The van der Waals surface area contributed by atoms with Crippen molar-refractivity contribution < 1.29 is 4.79 Å². The Morgan fingerprint density at radius 2 is 1.78 bits per heavy atom. The molecule has 2 aliphatic carbocycles. The Hall–Kier alpha value is -0.570. The van der Waals surface area contributed by atoms with Crippen molar-refractivity contribution in [3.8, 4) is 0 Å². The molecule has 0 aromatic heterocycles. The normalized spacial score (nSPS) is 36.1. The van der Waals surface area contributed by atoms with Gasteiger partial charge in [-0.2, -0.15) is 0 Å². The van der Waals surface area contributed by atoms with Gasteiger partial charge in [0.15, 0.2) is 0 Å². The van der Waals surface area contributed by atoms with Crippen LogP contribution in [0.15, 0.2) is 0 Å². The Morgan fingerprint density at radius 1 is 1.11 bits per heavy atom. The van der Waals surface area contributed by atoms with Crippen LogP contribution in [0.2, 0.25) is 0 Å². The molecule has 0 aromatic carbocycles. The van der Waals surface area contributed by atoms with E-state index in [1.54, 1.807) is 0 Å². The number of carbonyl (C=O) groups excluding carboxylic acids is 1. The lowest BCUT2D eigenvalue weighted by atomic mass is 9.68. The maximum atomic E-state index is 12.5. The molecule has 1 amide bonds. The minimum Gasteiger partial charge on any atom is -0.352 e. The minimum absolute atomic E-state index is 0.154. The summed E-state index contributed by atoms with van der Waals surface area (Å²) in [6.07, 6.45) is 9.19. The summed E-state index contributed by atoms with van der Waals surface area (Å²) in [5.74, 6) is 0.433. The van der Waals surface area contributed by atoms with Crippen molar-refractivity contribution in [1.82, 2.24) is 5.32 Å². The smallest absolute Gasteiger partial charge is 0.223 e. The Labute approximate surface area is 111 Å². The van der Waals surface area contributed by atoms with Crippen LogP contribution in [-0.4, -0.2) is 18.0 Å². The molecule has 0 heterocycles. The molecule has 104 valence electrons. The predicted octanol–water partition coefficient (Wildman–Crippen LogP) is 2.59. The van der Waals surface area contributed by atoms with Gasteiger partial charge in [0.05, 0.1) is 0 Å². The van der Waals surface area contributed by atoms with E-state index in [2.05, 4.69) is 19.2 Å². The molecule has 0 bridgehead atoms. The van der Waals surface area contributed by atoms with Gasteiger partial charge >= 0.3 is 0 Å². The number of amides is 1. The maximum absolute atomic E-state index is 12.5. The summed E-state index contributed by atoms with van der Waals surface area (Å²) in [4.78, 5) is 12.5. The topological polar surface area (TPSA) is 55.1 Å². The van der Waals surface area contributed by atoms with Crippen LogP contribution in [0.1, 0.15) is 65.2 Å². The molecule has 2 fully saturated rings. The van der Waals surface area contributed by atoms with Crippen molar-refractivity contribution in [2.45, 2.75) is 77.3 Å². The summed E-state index contributed by atoms with van der Waals surface area (Å²) < 4.78 is 0. The summed E-state index contributed by atoms with van der Waals surface area (Å²) in [6.45, 7) is 4.47. The largest absolute Gasteiger partial charge is 0.352 e. The van der Waals surface area contributed by atoms with Crippen LogP contribution in [0.3, 0.4) is 0 Å². The number of carbonyl (C=O) groups is 1. The third-order valence-corrected chi connectivity index (χ3v) is 4.97. The van der Waals surface area contributed by atoms with Gasteiger partial charge in [-0.15, -0.1) is 0 Å². The Bertz CT molecular complexity index is 301. The molecule has 0 saturated heterocycles. The molecule has 1 unspecified atom stereocenters. The van der Waals surface area contributed by atoms with E-state index in [0.29, 0.717) is 0 Å². The van der Waals surface area contributed by atoms with Gasteiger partial charge in [-0.05, 0) is 31.1 Å². The summed E-state index contributed by atoms with van der Waals surface area (Å²) in [5, 5.41) is 3.23. The van der Waals surface area contributed by atoms with E-state index in [9.17, 15) is 4.79 Å². The van der Waals surface area contributed by atoms with Crippen LogP contribution in [0.4, 0.5) is 0 Å². The molecular weight excluding hydrogens is 224 g/mol. The van der Waals surface area contributed by atoms with Gasteiger partial charge in [0.25, 0.3) is 0 Å².